The molecule has 21 heavy (non-hydrogen) atoms. The third-order valence-electron chi connectivity index (χ3n) is 2.86. The highest BCUT2D eigenvalue weighted by Gasteiger charge is 2.35. The fraction of sp³-hybridized carbons (Fsp3) is 0.692. The summed E-state index contributed by atoms with van der Waals surface area (Å²) in [6.07, 6.45) is 2.53. The monoisotopic (exact) mass is 328 g/mol. The van der Waals surface area contributed by atoms with Gasteiger partial charge in [-0.15, -0.1) is 10.2 Å². The minimum atomic E-state index is -0.0181. The average molecular weight is 328 g/mol. The highest BCUT2D eigenvalue weighted by molar-refractivity contribution is 8.01. The van der Waals surface area contributed by atoms with Gasteiger partial charge in [-0.1, -0.05) is 30.0 Å². The second kappa shape index (κ2) is 7.22. The minimum absolute atomic E-state index is 0.0181. The van der Waals surface area contributed by atoms with Gasteiger partial charge in [-0.05, 0) is 26.7 Å². The van der Waals surface area contributed by atoms with Gasteiger partial charge in [-0.25, -0.2) is 0 Å². The molecule has 116 valence electrons. The van der Waals surface area contributed by atoms with E-state index in [0.717, 1.165) is 17.2 Å². The lowest BCUT2D eigenvalue weighted by Gasteiger charge is -2.17. The molecule has 0 bridgehead atoms. The first-order chi connectivity index (χ1) is 10.0. The molecule has 1 aromatic heterocycles. The van der Waals surface area contributed by atoms with Gasteiger partial charge in [0.25, 0.3) is 0 Å². The van der Waals surface area contributed by atoms with Gasteiger partial charge in [0, 0.05) is 18.5 Å². The molecule has 1 aromatic rings. The molecule has 1 fully saturated rings. The SMILES string of the molecule is CCC(=O)N(c1nnc(SCC(=O)NC(C)C)s1)C1CC1. The van der Waals surface area contributed by atoms with Gasteiger partial charge >= 0.3 is 0 Å². The third-order valence-corrected chi connectivity index (χ3v) is 4.92. The van der Waals surface area contributed by atoms with Crippen LogP contribution in [0.4, 0.5) is 5.13 Å². The van der Waals surface area contributed by atoms with Crippen LogP contribution in [-0.4, -0.2) is 39.8 Å². The normalized spacial score (nSPS) is 14.3. The minimum Gasteiger partial charge on any atom is -0.353 e. The number of hydrogen-bond acceptors (Lipinski definition) is 6. The fourth-order valence-electron chi connectivity index (χ4n) is 1.82. The van der Waals surface area contributed by atoms with Gasteiger partial charge < -0.3 is 5.32 Å². The van der Waals surface area contributed by atoms with Gasteiger partial charge in [0.05, 0.1) is 5.75 Å². The average Bonchev–Trinajstić information content (AvgIpc) is 3.14. The molecule has 0 unspecified atom stereocenters. The summed E-state index contributed by atoms with van der Waals surface area (Å²) in [5.41, 5.74) is 0. The number of hydrogen-bond donors (Lipinski definition) is 1. The van der Waals surface area contributed by atoms with Crippen LogP contribution in [0.3, 0.4) is 0 Å². The Morgan fingerprint density at radius 1 is 1.43 bits per heavy atom. The molecule has 1 N–H and O–H groups in total. The van der Waals surface area contributed by atoms with Crippen molar-refractivity contribution in [1.29, 1.82) is 0 Å². The zero-order valence-electron chi connectivity index (χ0n) is 12.5. The van der Waals surface area contributed by atoms with E-state index in [0.29, 0.717) is 17.3 Å². The zero-order valence-corrected chi connectivity index (χ0v) is 14.1. The van der Waals surface area contributed by atoms with Gasteiger partial charge in [0.15, 0.2) is 4.34 Å². The number of amides is 2. The summed E-state index contributed by atoms with van der Waals surface area (Å²) >= 11 is 2.73. The standard InChI is InChI=1S/C13H20N4O2S2/c1-4-11(19)17(9-5-6-9)12-15-16-13(21-12)20-7-10(18)14-8(2)3/h8-9H,4-7H2,1-3H3,(H,14,18). The van der Waals surface area contributed by atoms with Crippen LogP contribution < -0.4 is 10.2 Å². The second-order valence-corrected chi connectivity index (χ2v) is 7.39. The predicted molar refractivity (Wildman–Crippen MR) is 84.7 cm³/mol. The number of aromatic nitrogens is 2. The molecule has 8 heteroatoms. The van der Waals surface area contributed by atoms with E-state index in [2.05, 4.69) is 15.5 Å². The third kappa shape index (κ3) is 4.67. The van der Waals surface area contributed by atoms with E-state index in [-0.39, 0.29) is 23.9 Å². The molecule has 1 aliphatic rings. The first-order valence-corrected chi connectivity index (χ1v) is 8.89. The van der Waals surface area contributed by atoms with Crippen molar-refractivity contribution in [3.63, 3.8) is 0 Å². The molecular weight excluding hydrogens is 308 g/mol. The number of carbonyl (C=O) groups excluding carboxylic acids is 2. The Morgan fingerprint density at radius 2 is 2.14 bits per heavy atom. The van der Waals surface area contributed by atoms with Crippen LogP contribution in [0.15, 0.2) is 4.34 Å². The maximum atomic E-state index is 12.0. The smallest absolute Gasteiger partial charge is 0.230 e. The van der Waals surface area contributed by atoms with Crippen molar-refractivity contribution in [2.24, 2.45) is 0 Å². The van der Waals surface area contributed by atoms with Crippen LogP contribution in [0.25, 0.3) is 0 Å². The number of nitrogens with zero attached hydrogens (tertiary/aromatic N) is 3. The molecule has 0 aliphatic heterocycles. The van der Waals surface area contributed by atoms with Gasteiger partial charge in [-0.2, -0.15) is 0 Å². The molecular formula is C13H20N4O2S2. The van der Waals surface area contributed by atoms with Crippen LogP contribution >= 0.6 is 23.1 Å². The summed E-state index contributed by atoms with van der Waals surface area (Å²) in [5, 5.41) is 11.7. The van der Waals surface area contributed by atoms with E-state index in [1.807, 2.05) is 20.8 Å². The van der Waals surface area contributed by atoms with Crippen LogP contribution in [0, 0.1) is 0 Å². The molecule has 0 radical (unpaired) electrons. The molecule has 1 aliphatic carbocycles. The number of anilines is 1. The summed E-state index contributed by atoms with van der Waals surface area (Å²) < 4.78 is 0.721. The highest BCUT2D eigenvalue weighted by atomic mass is 32.2. The van der Waals surface area contributed by atoms with Crippen LogP contribution in [0.5, 0.6) is 0 Å². The molecule has 6 nitrogen and oxygen atoms in total. The Balaban J connectivity index is 1.94. The largest absolute Gasteiger partial charge is 0.353 e. The van der Waals surface area contributed by atoms with Crippen LogP contribution in [0.2, 0.25) is 0 Å². The Hall–Kier alpha value is -1.15. The summed E-state index contributed by atoms with van der Waals surface area (Å²) in [7, 11) is 0. The van der Waals surface area contributed by atoms with Crippen molar-refractivity contribution in [3.8, 4) is 0 Å². The summed E-state index contributed by atoms with van der Waals surface area (Å²) in [5.74, 6) is 0.385. The Bertz CT molecular complexity index is 514. The van der Waals surface area contributed by atoms with E-state index >= 15 is 0 Å². The van der Waals surface area contributed by atoms with Crippen molar-refractivity contribution in [3.05, 3.63) is 0 Å². The lowest BCUT2D eigenvalue weighted by Crippen LogP contribution is -2.32. The van der Waals surface area contributed by atoms with E-state index in [4.69, 9.17) is 0 Å². The number of rotatable bonds is 7. The van der Waals surface area contributed by atoms with E-state index in [9.17, 15) is 9.59 Å². The van der Waals surface area contributed by atoms with Crippen LogP contribution in [0.1, 0.15) is 40.0 Å². The topological polar surface area (TPSA) is 75.2 Å². The Labute approximate surface area is 132 Å². The fourth-order valence-corrected chi connectivity index (χ4v) is 3.56. The van der Waals surface area contributed by atoms with E-state index in [1.165, 1.54) is 23.1 Å². The predicted octanol–water partition coefficient (Wildman–Crippen LogP) is 2.06. The molecule has 1 saturated carbocycles. The van der Waals surface area contributed by atoms with E-state index < -0.39 is 0 Å². The number of carbonyl (C=O) groups is 2. The lowest BCUT2D eigenvalue weighted by atomic mass is 10.4. The molecule has 1 heterocycles. The molecule has 2 rings (SSSR count). The first kappa shape index (κ1) is 16.2. The van der Waals surface area contributed by atoms with Crippen molar-refractivity contribution < 1.29 is 9.59 Å². The molecule has 2 amide bonds. The van der Waals surface area contributed by atoms with Gasteiger partial charge in [0.2, 0.25) is 16.9 Å². The number of thioether (sulfide) groups is 1. The van der Waals surface area contributed by atoms with Crippen LogP contribution in [-0.2, 0) is 9.59 Å². The van der Waals surface area contributed by atoms with Crippen molar-refractivity contribution in [2.75, 3.05) is 10.7 Å². The number of nitrogens with one attached hydrogen (secondary N) is 1. The van der Waals surface area contributed by atoms with Crippen molar-refractivity contribution >= 4 is 40.0 Å². The molecule has 0 atom stereocenters. The second-order valence-electron chi connectivity index (χ2n) is 5.21. The summed E-state index contributed by atoms with van der Waals surface area (Å²) in [4.78, 5) is 25.3. The maximum Gasteiger partial charge on any atom is 0.230 e. The van der Waals surface area contributed by atoms with Crippen molar-refractivity contribution in [2.45, 2.75) is 56.5 Å². The quantitative estimate of drug-likeness (QED) is 0.612. The summed E-state index contributed by atoms with van der Waals surface area (Å²) in [6, 6.07) is 0.420. The highest BCUT2D eigenvalue weighted by Crippen LogP contribution is 2.36. The van der Waals surface area contributed by atoms with Gasteiger partial charge in [0.1, 0.15) is 0 Å². The van der Waals surface area contributed by atoms with E-state index in [1.54, 1.807) is 4.90 Å². The summed E-state index contributed by atoms with van der Waals surface area (Å²) in [6.45, 7) is 5.70. The Morgan fingerprint density at radius 3 is 2.71 bits per heavy atom. The lowest BCUT2D eigenvalue weighted by molar-refractivity contribution is -0.119. The Kier molecular flexibility index (Phi) is 5.58. The molecule has 0 spiro atoms. The zero-order chi connectivity index (χ0) is 15.4. The first-order valence-electron chi connectivity index (χ1n) is 7.09. The van der Waals surface area contributed by atoms with Gasteiger partial charge in [-0.3, -0.25) is 14.5 Å². The molecule has 0 saturated heterocycles. The molecule has 0 aromatic carbocycles. The maximum absolute atomic E-state index is 12.0. The van der Waals surface area contributed by atoms with Crippen molar-refractivity contribution in [1.82, 2.24) is 15.5 Å².